The van der Waals surface area contributed by atoms with E-state index < -0.39 is 0 Å². The first-order valence-corrected chi connectivity index (χ1v) is 10.3. The third-order valence-corrected chi connectivity index (χ3v) is 6.07. The molecule has 25 heavy (non-hydrogen) atoms. The van der Waals surface area contributed by atoms with Crippen LogP contribution in [0.2, 0.25) is 5.02 Å². The van der Waals surface area contributed by atoms with Crippen LogP contribution in [-0.4, -0.2) is 46.8 Å². The maximum Gasteiger partial charge on any atom is 0.226 e. The van der Waals surface area contributed by atoms with Crippen molar-refractivity contribution >= 4 is 17.5 Å². The summed E-state index contributed by atoms with van der Waals surface area (Å²) in [7, 11) is 1.88. The number of hydrogen-bond donors (Lipinski definition) is 1. The SMILES string of the molecule is Cn1cc(Cl)c(CN(CC[NH+]2CCCC2)C(=O)C2CCCCCC2)n1. The molecule has 1 saturated heterocycles. The van der Waals surface area contributed by atoms with Gasteiger partial charge in [0, 0.05) is 32.0 Å². The van der Waals surface area contributed by atoms with E-state index >= 15 is 0 Å². The van der Waals surface area contributed by atoms with Gasteiger partial charge in [-0.2, -0.15) is 5.10 Å². The molecule has 1 aliphatic carbocycles. The Balaban J connectivity index is 1.67. The molecule has 0 bridgehead atoms. The lowest BCUT2D eigenvalue weighted by Gasteiger charge is -2.27. The number of carbonyl (C=O) groups excluding carboxylic acids is 1. The van der Waals surface area contributed by atoms with Crippen molar-refractivity contribution in [3.8, 4) is 0 Å². The van der Waals surface area contributed by atoms with Gasteiger partial charge >= 0.3 is 0 Å². The minimum atomic E-state index is 0.193. The van der Waals surface area contributed by atoms with Crippen molar-refractivity contribution in [3.05, 3.63) is 16.9 Å². The van der Waals surface area contributed by atoms with Gasteiger partial charge in [0.25, 0.3) is 0 Å². The number of nitrogens with zero attached hydrogens (tertiary/aromatic N) is 3. The van der Waals surface area contributed by atoms with Gasteiger partial charge in [0.05, 0.1) is 37.7 Å². The molecule has 2 heterocycles. The highest BCUT2D eigenvalue weighted by atomic mass is 35.5. The van der Waals surface area contributed by atoms with Crippen LogP contribution in [-0.2, 0) is 18.4 Å². The molecule has 2 aliphatic rings. The van der Waals surface area contributed by atoms with Crippen LogP contribution < -0.4 is 4.90 Å². The predicted molar refractivity (Wildman–Crippen MR) is 99.6 cm³/mol. The van der Waals surface area contributed by atoms with Gasteiger partial charge in [-0.3, -0.25) is 9.48 Å². The van der Waals surface area contributed by atoms with Crippen LogP contribution in [0.15, 0.2) is 6.20 Å². The lowest BCUT2D eigenvalue weighted by Crippen LogP contribution is -3.10. The molecular formula is C19H32ClN4O+. The van der Waals surface area contributed by atoms with E-state index in [4.69, 9.17) is 11.6 Å². The molecule has 0 spiro atoms. The standard InChI is InChI=1S/C19H31ClN4O/c1-22-14-17(20)18(21-22)15-24(13-12-23-10-6-7-11-23)19(25)16-8-4-2-3-5-9-16/h14,16H,2-13,15H2,1H3/p+1. The van der Waals surface area contributed by atoms with Gasteiger partial charge in [-0.1, -0.05) is 37.3 Å². The van der Waals surface area contributed by atoms with Crippen LogP contribution in [0.3, 0.4) is 0 Å². The highest BCUT2D eigenvalue weighted by Gasteiger charge is 2.27. The minimum absolute atomic E-state index is 0.193. The number of hydrogen-bond acceptors (Lipinski definition) is 2. The van der Waals surface area contributed by atoms with E-state index in [0.717, 1.165) is 31.6 Å². The number of amides is 1. The largest absolute Gasteiger partial charge is 0.333 e. The Kier molecular flexibility index (Phi) is 6.77. The Morgan fingerprint density at radius 1 is 1.24 bits per heavy atom. The second-order valence-corrected chi connectivity index (χ2v) is 8.16. The van der Waals surface area contributed by atoms with Gasteiger partial charge in [-0.15, -0.1) is 0 Å². The zero-order chi connectivity index (χ0) is 17.6. The Morgan fingerprint density at radius 2 is 1.92 bits per heavy atom. The summed E-state index contributed by atoms with van der Waals surface area (Å²) in [5.74, 6) is 0.515. The number of quaternary nitrogens is 1. The summed E-state index contributed by atoms with van der Waals surface area (Å²) in [5, 5.41) is 5.12. The molecule has 1 aliphatic heterocycles. The summed E-state index contributed by atoms with van der Waals surface area (Å²) >= 11 is 6.31. The topological polar surface area (TPSA) is 42.6 Å². The molecule has 2 fully saturated rings. The normalized spacial score (nSPS) is 19.9. The average Bonchev–Trinajstić information content (AvgIpc) is 3.11. The number of likely N-dealkylation sites (tertiary alicyclic amines) is 1. The van der Waals surface area contributed by atoms with E-state index in [2.05, 4.69) is 5.10 Å². The molecule has 1 aromatic heterocycles. The van der Waals surface area contributed by atoms with E-state index in [-0.39, 0.29) is 5.92 Å². The van der Waals surface area contributed by atoms with Gasteiger partial charge in [-0.05, 0) is 12.8 Å². The molecular weight excluding hydrogens is 336 g/mol. The van der Waals surface area contributed by atoms with Crippen molar-refractivity contribution in [2.45, 2.75) is 57.9 Å². The van der Waals surface area contributed by atoms with Gasteiger partial charge in [0.15, 0.2) is 0 Å². The average molecular weight is 368 g/mol. The summed E-state index contributed by atoms with van der Waals surface area (Å²) in [6, 6.07) is 0. The third-order valence-electron chi connectivity index (χ3n) is 5.76. The zero-order valence-corrected chi connectivity index (χ0v) is 16.2. The monoisotopic (exact) mass is 367 g/mol. The van der Waals surface area contributed by atoms with Crippen LogP contribution in [0.1, 0.15) is 57.1 Å². The minimum Gasteiger partial charge on any atom is -0.333 e. The Labute approximate surface area is 156 Å². The second-order valence-electron chi connectivity index (χ2n) is 7.75. The van der Waals surface area contributed by atoms with Gasteiger partial charge in [0.2, 0.25) is 5.91 Å². The fourth-order valence-corrected chi connectivity index (χ4v) is 4.50. The maximum atomic E-state index is 13.2. The maximum absolute atomic E-state index is 13.2. The molecule has 3 rings (SSSR count). The number of halogens is 1. The fraction of sp³-hybridized carbons (Fsp3) is 0.789. The molecule has 0 atom stereocenters. The molecule has 6 heteroatoms. The molecule has 5 nitrogen and oxygen atoms in total. The summed E-state index contributed by atoms with van der Waals surface area (Å²) in [5.41, 5.74) is 0.822. The van der Waals surface area contributed by atoms with Gasteiger partial charge in [-0.25, -0.2) is 0 Å². The van der Waals surface area contributed by atoms with Crippen molar-refractivity contribution in [1.82, 2.24) is 14.7 Å². The summed E-state index contributed by atoms with van der Waals surface area (Å²) in [6.07, 6.45) is 11.5. The van der Waals surface area contributed by atoms with Crippen LogP contribution in [0.25, 0.3) is 0 Å². The van der Waals surface area contributed by atoms with E-state index in [9.17, 15) is 4.79 Å². The van der Waals surface area contributed by atoms with E-state index in [1.165, 1.54) is 51.6 Å². The number of carbonyl (C=O) groups is 1. The number of rotatable bonds is 6. The van der Waals surface area contributed by atoms with Crippen LogP contribution >= 0.6 is 11.6 Å². The van der Waals surface area contributed by atoms with Crippen molar-refractivity contribution in [2.24, 2.45) is 13.0 Å². The molecule has 0 aromatic carbocycles. The Morgan fingerprint density at radius 3 is 2.52 bits per heavy atom. The van der Waals surface area contributed by atoms with Gasteiger partial charge in [0.1, 0.15) is 5.69 Å². The van der Waals surface area contributed by atoms with Crippen molar-refractivity contribution in [1.29, 1.82) is 0 Å². The highest BCUT2D eigenvalue weighted by Crippen LogP contribution is 2.25. The first kappa shape index (κ1) is 18.7. The number of aromatic nitrogens is 2. The van der Waals surface area contributed by atoms with Crippen molar-refractivity contribution in [3.63, 3.8) is 0 Å². The molecule has 0 radical (unpaired) electrons. The molecule has 1 saturated carbocycles. The molecule has 0 unspecified atom stereocenters. The smallest absolute Gasteiger partial charge is 0.226 e. The van der Waals surface area contributed by atoms with Crippen molar-refractivity contribution in [2.75, 3.05) is 26.2 Å². The molecule has 1 N–H and O–H groups in total. The second kappa shape index (κ2) is 9.04. The van der Waals surface area contributed by atoms with Crippen LogP contribution in [0.5, 0.6) is 0 Å². The van der Waals surface area contributed by atoms with E-state index in [1.54, 1.807) is 9.58 Å². The number of aryl methyl sites for hydroxylation is 1. The third kappa shape index (κ3) is 5.20. The Bertz CT molecular complexity index is 560. The quantitative estimate of drug-likeness (QED) is 0.782. The molecule has 1 aromatic rings. The Hall–Kier alpha value is -1.07. The first-order valence-electron chi connectivity index (χ1n) is 9.94. The first-order chi connectivity index (χ1) is 12.1. The fourth-order valence-electron chi connectivity index (χ4n) is 4.26. The van der Waals surface area contributed by atoms with E-state index in [0.29, 0.717) is 17.5 Å². The summed E-state index contributed by atoms with van der Waals surface area (Å²) in [4.78, 5) is 16.9. The molecule has 140 valence electrons. The summed E-state index contributed by atoms with van der Waals surface area (Å²) in [6.45, 7) is 4.90. The van der Waals surface area contributed by atoms with Crippen LogP contribution in [0.4, 0.5) is 0 Å². The van der Waals surface area contributed by atoms with Gasteiger partial charge < -0.3 is 9.80 Å². The lowest BCUT2D eigenvalue weighted by molar-refractivity contribution is -0.886. The van der Waals surface area contributed by atoms with Crippen LogP contribution in [0, 0.1) is 5.92 Å². The number of nitrogens with one attached hydrogen (secondary N) is 1. The molecule has 1 amide bonds. The summed E-state index contributed by atoms with van der Waals surface area (Å²) < 4.78 is 1.73. The highest BCUT2D eigenvalue weighted by molar-refractivity contribution is 6.31. The lowest BCUT2D eigenvalue weighted by atomic mass is 9.98. The van der Waals surface area contributed by atoms with E-state index in [1.807, 2.05) is 18.1 Å². The van der Waals surface area contributed by atoms with Crippen molar-refractivity contribution < 1.29 is 9.69 Å². The predicted octanol–water partition coefficient (Wildman–Crippen LogP) is 2.05. The zero-order valence-electron chi connectivity index (χ0n) is 15.5.